The monoisotopic (exact) mass is 316 g/mol. The number of hydrogen-bond donors (Lipinski definition) is 1. The minimum atomic E-state index is -0.321. The summed E-state index contributed by atoms with van der Waals surface area (Å²) in [6.45, 7) is 2.77. The van der Waals surface area contributed by atoms with Gasteiger partial charge in [-0.15, -0.1) is 0 Å². The van der Waals surface area contributed by atoms with Gasteiger partial charge in [0.2, 0.25) is 0 Å². The van der Waals surface area contributed by atoms with Crippen LogP contribution in [0.5, 0.6) is 5.75 Å². The van der Waals surface area contributed by atoms with Gasteiger partial charge in [-0.05, 0) is 50.0 Å². The van der Waals surface area contributed by atoms with E-state index in [1.54, 1.807) is 41.1 Å². The van der Waals surface area contributed by atoms with Crippen LogP contribution in [0.15, 0.2) is 47.4 Å². The molecule has 1 fully saturated rings. The van der Waals surface area contributed by atoms with Crippen molar-refractivity contribution in [3.8, 4) is 5.75 Å². The lowest BCUT2D eigenvalue weighted by Gasteiger charge is -2.23. The van der Waals surface area contributed by atoms with Crippen molar-refractivity contribution in [3.63, 3.8) is 0 Å². The predicted octanol–water partition coefficient (Wildman–Crippen LogP) is 2.57. The molecule has 1 aliphatic rings. The Morgan fingerprint density at radius 3 is 2.74 bits per heavy atom. The summed E-state index contributed by atoms with van der Waals surface area (Å²) in [5, 5.41) is 3.32. The van der Waals surface area contributed by atoms with E-state index in [2.05, 4.69) is 5.32 Å². The Bertz CT molecular complexity index is 708. The second-order valence-electron chi connectivity index (χ2n) is 5.90. The van der Waals surface area contributed by atoms with Crippen molar-refractivity contribution < 1.29 is 9.13 Å². The highest BCUT2D eigenvalue weighted by molar-refractivity contribution is 5.20. The van der Waals surface area contributed by atoms with E-state index in [4.69, 9.17) is 4.74 Å². The van der Waals surface area contributed by atoms with E-state index < -0.39 is 0 Å². The molecule has 0 spiro atoms. The van der Waals surface area contributed by atoms with Crippen molar-refractivity contribution in [2.24, 2.45) is 5.92 Å². The van der Waals surface area contributed by atoms with E-state index >= 15 is 0 Å². The van der Waals surface area contributed by atoms with E-state index in [9.17, 15) is 9.18 Å². The summed E-state index contributed by atoms with van der Waals surface area (Å²) >= 11 is 0. The molecule has 1 N–H and O–H groups in total. The van der Waals surface area contributed by atoms with Gasteiger partial charge >= 0.3 is 0 Å². The molecule has 122 valence electrons. The number of hydrogen-bond acceptors (Lipinski definition) is 3. The molecule has 0 aliphatic carbocycles. The van der Waals surface area contributed by atoms with Crippen LogP contribution in [0.3, 0.4) is 0 Å². The van der Waals surface area contributed by atoms with Gasteiger partial charge < -0.3 is 14.6 Å². The van der Waals surface area contributed by atoms with Gasteiger partial charge in [0.05, 0.1) is 0 Å². The third kappa shape index (κ3) is 3.99. The zero-order chi connectivity index (χ0) is 16.1. The molecule has 1 aliphatic heterocycles. The summed E-state index contributed by atoms with van der Waals surface area (Å²) in [5.74, 6) is 0.457. The smallest absolute Gasteiger partial charge is 0.292 e. The first-order valence-electron chi connectivity index (χ1n) is 8.00. The zero-order valence-corrected chi connectivity index (χ0v) is 13.0. The Kier molecular flexibility index (Phi) is 5.08. The SMILES string of the molecule is O=c1c(OCc2ccccc2F)cccn1CC1CCNCC1. The van der Waals surface area contributed by atoms with E-state index in [0.29, 0.717) is 18.0 Å². The highest BCUT2D eigenvalue weighted by Crippen LogP contribution is 2.15. The van der Waals surface area contributed by atoms with Crippen molar-refractivity contribution in [1.82, 2.24) is 9.88 Å². The average Bonchev–Trinajstić information content (AvgIpc) is 2.58. The molecule has 23 heavy (non-hydrogen) atoms. The standard InChI is InChI=1S/C18H21FN2O2/c19-16-5-2-1-4-15(16)13-23-17-6-3-11-21(18(17)22)12-14-7-9-20-10-8-14/h1-6,11,14,20H,7-10,12-13H2. The Hall–Kier alpha value is -2.14. The van der Waals surface area contributed by atoms with Gasteiger partial charge in [-0.2, -0.15) is 0 Å². The van der Waals surface area contributed by atoms with Crippen LogP contribution < -0.4 is 15.6 Å². The van der Waals surface area contributed by atoms with Crippen LogP contribution >= 0.6 is 0 Å². The summed E-state index contributed by atoms with van der Waals surface area (Å²) in [4.78, 5) is 12.5. The molecular formula is C18H21FN2O2. The number of benzene rings is 1. The average molecular weight is 316 g/mol. The molecule has 0 unspecified atom stereocenters. The largest absolute Gasteiger partial charge is 0.483 e. The van der Waals surface area contributed by atoms with Gasteiger partial charge in [0.25, 0.3) is 5.56 Å². The molecular weight excluding hydrogens is 295 g/mol. The van der Waals surface area contributed by atoms with Crippen LogP contribution in [0.4, 0.5) is 4.39 Å². The van der Waals surface area contributed by atoms with Gasteiger partial charge in [0, 0.05) is 18.3 Å². The number of halogens is 1. The summed E-state index contributed by atoms with van der Waals surface area (Å²) in [5.41, 5.74) is 0.294. The van der Waals surface area contributed by atoms with Gasteiger partial charge in [-0.1, -0.05) is 18.2 Å². The third-order valence-electron chi connectivity index (χ3n) is 4.24. The lowest BCUT2D eigenvalue weighted by atomic mass is 9.98. The van der Waals surface area contributed by atoms with Crippen molar-refractivity contribution in [2.45, 2.75) is 26.0 Å². The topological polar surface area (TPSA) is 43.3 Å². The fourth-order valence-corrected chi connectivity index (χ4v) is 2.88. The van der Waals surface area contributed by atoms with Crippen molar-refractivity contribution >= 4 is 0 Å². The molecule has 2 heterocycles. The number of aromatic nitrogens is 1. The third-order valence-corrected chi connectivity index (χ3v) is 4.24. The maximum atomic E-state index is 13.6. The first kappa shape index (κ1) is 15.7. The fraction of sp³-hybridized carbons (Fsp3) is 0.389. The fourth-order valence-electron chi connectivity index (χ4n) is 2.88. The normalized spacial score (nSPS) is 15.5. The Morgan fingerprint density at radius 1 is 1.17 bits per heavy atom. The number of rotatable bonds is 5. The lowest BCUT2D eigenvalue weighted by Crippen LogP contribution is -2.32. The number of pyridine rings is 1. The summed E-state index contributed by atoms with van der Waals surface area (Å²) in [6, 6.07) is 9.88. The highest BCUT2D eigenvalue weighted by atomic mass is 19.1. The number of ether oxygens (including phenoxy) is 1. The Morgan fingerprint density at radius 2 is 1.96 bits per heavy atom. The van der Waals surface area contributed by atoms with E-state index in [1.807, 2.05) is 0 Å². The summed E-state index contributed by atoms with van der Waals surface area (Å²) < 4.78 is 20.9. The second kappa shape index (κ2) is 7.42. The molecule has 0 bridgehead atoms. The first-order valence-corrected chi connectivity index (χ1v) is 8.00. The minimum Gasteiger partial charge on any atom is -0.483 e. The van der Waals surface area contributed by atoms with Crippen LogP contribution in [0.2, 0.25) is 0 Å². The molecule has 1 aromatic heterocycles. The Balaban J connectivity index is 1.69. The molecule has 5 heteroatoms. The Labute approximate surface area is 134 Å². The van der Waals surface area contributed by atoms with Gasteiger partial charge in [-0.25, -0.2) is 4.39 Å². The minimum absolute atomic E-state index is 0.0548. The zero-order valence-electron chi connectivity index (χ0n) is 13.0. The molecule has 3 rings (SSSR count). The maximum absolute atomic E-state index is 13.6. The molecule has 0 saturated carbocycles. The van der Waals surface area contributed by atoms with E-state index in [0.717, 1.165) is 25.9 Å². The van der Waals surface area contributed by atoms with Crippen LogP contribution in [0, 0.1) is 11.7 Å². The van der Waals surface area contributed by atoms with Crippen LogP contribution in [0.1, 0.15) is 18.4 Å². The molecule has 0 amide bonds. The molecule has 2 aromatic rings. The van der Waals surface area contributed by atoms with Crippen molar-refractivity contribution in [1.29, 1.82) is 0 Å². The first-order chi connectivity index (χ1) is 11.2. The number of nitrogens with one attached hydrogen (secondary N) is 1. The van der Waals surface area contributed by atoms with E-state index in [1.165, 1.54) is 6.07 Å². The van der Waals surface area contributed by atoms with Gasteiger partial charge in [0.1, 0.15) is 12.4 Å². The molecule has 1 saturated heterocycles. The van der Waals surface area contributed by atoms with Gasteiger partial charge in [-0.3, -0.25) is 4.79 Å². The van der Waals surface area contributed by atoms with Crippen LogP contribution in [0.25, 0.3) is 0 Å². The molecule has 1 aromatic carbocycles. The van der Waals surface area contributed by atoms with Crippen LogP contribution in [-0.4, -0.2) is 17.7 Å². The van der Waals surface area contributed by atoms with Crippen molar-refractivity contribution in [3.05, 3.63) is 64.3 Å². The maximum Gasteiger partial charge on any atom is 0.292 e. The molecule has 0 atom stereocenters. The number of nitrogens with zero attached hydrogens (tertiary/aromatic N) is 1. The second-order valence-corrected chi connectivity index (χ2v) is 5.90. The highest BCUT2D eigenvalue weighted by Gasteiger charge is 2.15. The van der Waals surface area contributed by atoms with Crippen LogP contribution in [-0.2, 0) is 13.2 Å². The van der Waals surface area contributed by atoms with Gasteiger partial charge in [0.15, 0.2) is 5.75 Å². The predicted molar refractivity (Wildman–Crippen MR) is 87.0 cm³/mol. The molecule has 0 radical (unpaired) electrons. The number of piperidine rings is 1. The quantitative estimate of drug-likeness (QED) is 0.922. The molecule has 4 nitrogen and oxygen atoms in total. The van der Waals surface area contributed by atoms with E-state index in [-0.39, 0.29) is 23.7 Å². The lowest BCUT2D eigenvalue weighted by molar-refractivity contribution is 0.286. The van der Waals surface area contributed by atoms with Crippen molar-refractivity contribution in [2.75, 3.05) is 13.1 Å². The summed E-state index contributed by atoms with van der Waals surface area (Å²) in [6.07, 6.45) is 3.94. The summed E-state index contributed by atoms with van der Waals surface area (Å²) in [7, 11) is 0.